The number of carbonyl (C=O) groups is 3. The van der Waals surface area contributed by atoms with E-state index in [1.165, 1.54) is 13.0 Å². The van der Waals surface area contributed by atoms with E-state index in [2.05, 4.69) is 16.0 Å². The molecule has 1 aromatic rings. The number of anilines is 1. The largest absolute Gasteiger partial charge is 0.392 e. The number of para-hydroxylation sites is 1. The van der Waals surface area contributed by atoms with E-state index in [-0.39, 0.29) is 29.7 Å². The third-order valence-corrected chi connectivity index (χ3v) is 2.60. The molecule has 1 aromatic carbocycles. The summed E-state index contributed by atoms with van der Waals surface area (Å²) in [7, 11) is 0. The van der Waals surface area contributed by atoms with Crippen molar-refractivity contribution in [1.29, 1.82) is 0 Å². The van der Waals surface area contributed by atoms with Gasteiger partial charge in [0.25, 0.3) is 5.91 Å². The van der Waals surface area contributed by atoms with E-state index in [0.29, 0.717) is 0 Å². The van der Waals surface area contributed by atoms with Crippen LogP contribution in [0.25, 0.3) is 0 Å². The Labute approximate surface area is 129 Å². The van der Waals surface area contributed by atoms with Crippen molar-refractivity contribution in [2.75, 3.05) is 11.9 Å². The minimum Gasteiger partial charge on any atom is -0.392 e. The number of aliphatic hydroxyl groups excluding tert-OH is 1. The first-order valence-electron chi connectivity index (χ1n) is 6.98. The van der Waals surface area contributed by atoms with Crippen LogP contribution in [0.15, 0.2) is 24.3 Å². The SMILES string of the molecule is CC(C)NC(=O)c1ccccc1NC(=O)C(=O)NC[C@H](C)O. The molecule has 1 rings (SSSR count). The highest BCUT2D eigenvalue weighted by atomic mass is 16.3. The van der Waals surface area contributed by atoms with Gasteiger partial charge in [0.2, 0.25) is 0 Å². The van der Waals surface area contributed by atoms with Crippen molar-refractivity contribution in [2.45, 2.75) is 32.9 Å². The van der Waals surface area contributed by atoms with E-state index in [4.69, 9.17) is 5.11 Å². The van der Waals surface area contributed by atoms with E-state index in [0.717, 1.165) is 0 Å². The second-order valence-electron chi connectivity index (χ2n) is 5.19. The molecule has 0 aromatic heterocycles. The molecule has 0 aliphatic heterocycles. The second-order valence-corrected chi connectivity index (χ2v) is 5.19. The maximum atomic E-state index is 12.0. The molecular weight excluding hydrogens is 286 g/mol. The molecule has 120 valence electrons. The quantitative estimate of drug-likeness (QED) is 0.585. The van der Waals surface area contributed by atoms with Crippen LogP contribution in [0.1, 0.15) is 31.1 Å². The standard InChI is InChI=1S/C15H21N3O4/c1-9(2)17-13(20)11-6-4-5-7-12(11)18-15(22)14(21)16-8-10(3)19/h4-7,9-10,19H,8H2,1-3H3,(H,16,21)(H,17,20)(H,18,22)/t10-/m0/s1. The Hall–Kier alpha value is -2.41. The lowest BCUT2D eigenvalue weighted by atomic mass is 10.1. The summed E-state index contributed by atoms with van der Waals surface area (Å²) >= 11 is 0. The molecule has 7 heteroatoms. The fourth-order valence-electron chi connectivity index (χ4n) is 1.63. The van der Waals surface area contributed by atoms with Crippen LogP contribution in [0.5, 0.6) is 0 Å². The van der Waals surface area contributed by atoms with Gasteiger partial charge in [0.05, 0.1) is 17.4 Å². The summed E-state index contributed by atoms with van der Waals surface area (Å²) in [6, 6.07) is 6.36. The summed E-state index contributed by atoms with van der Waals surface area (Å²) in [4.78, 5) is 35.4. The Morgan fingerprint density at radius 1 is 1.09 bits per heavy atom. The van der Waals surface area contributed by atoms with Gasteiger partial charge in [-0.25, -0.2) is 0 Å². The molecule has 0 aliphatic carbocycles. The van der Waals surface area contributed by atoms with Gasteiger partial charge in [-0.05, 0) is 32.9 Å². The predicted molar refractivity (Wildman–Crippen MR) is 82.4 cm³/mol. The molecule has 0 bridgehead atoms. The first-order valence-corrected chi connectivity index (χ1v) is 6.98. The van der Waals surface area contributed by atoms with E-state index in [1.54, 1.807) is 18.2 Å². The van der Waals surface area contributed by atoms with E-state index in [9.17, 15) is 14.4 Å². The van der Waals surface area contributed by atoms with Gasteiger partial charge in [-0.2, -0.15) is 0 Å². The number of hydrogen-bond acceptors (Lipinski definition) is 4. The number of benzene rings is 1. The normalized spacial score (nSPS) is 11.7. The van der Waals surface area contributed by atoms with E-state index < -0.39 is 17.9 Å². The Kier molecular flexibility index (Phi) is 6.52. The highest BCUT2D eigenvalue weighted by Crippen LogP contribution is 2.15. The summed E-state index contributed by atoms with van der Waals surface area (Å²) < 4.78 is 0. The molecule has 0 fully saturated rings. The molecule has 1 atom stereocenters. The van der Waals surface area contributed by atoms with Gasteiger partial charge in [-0.15, -0.1) is 0 Å². The van der Waals surface area contributed by atoms with Gasteiger partial charge in [0.1, 0.15) is 0 Å². The lowest BCUT2D eigenvalue weighted by molar-refractivity contribution is -0.136. The molecule has 0 spiro atoms. The molecule has 4 N–H and O–H groups in total. The highest BCUT2D eigenvalue weighted by molar-refractivity contribution is 6.40. The fraction of sp³-hybridized carbons (Fsp3) is 0.400. The lowest BCUT2D eigenvalue weighted by Crippen LogP contribution is -2.39. The van der Waals surface area contributed by atoms with Crippen LogP contribution in [-0.2, 0) is 9.59 Å². The van der Waals surface area contributed by atoms with Gasteiger partial charge in [0.15, 0.2) is 0 Å². The maximum absolute atomic E-state index is 12.0. The summed E-state index contributed by atoms with van der Waals surface area (Å²) in [5.74, 6) is -2.11. The molecule has 0 heterocycles. The van der Waals surface area contributed by atoms with Crippen molar-refractivity contribution in [1.82, 2.24) is 10.6 Å². The summed E-state index contributed by atoms with van der Waals surface area (Å²) in [6.45, 7) is 5.11. The Morgan fingerprint density at radius 3 is 2.32 bits per heavy atom. The van der Waals surface area contributed by atoms with Gasteiger partial charge >= 0.3 is 11.8 Å². The maximum Gasteiger partial charge on any atom is 0.313 e. The van der Waals surface area contributed by atoms with Gasteiger partial charge in [-0.3, -0.25) is 14.4 Å². The Bertz CT molecular complexity index is 555. The van der Waals surface area contributed by atoms with Crippen LogP contribution in [-0.4, -0.2) is 41.5 Å². The Morgan fingerprint density at radius 2 is 1.73 bits per heavy atom. The van der Waals surface area contributed by atoms with Crippen molar-refractivity contribution in [2.24, 2.45) is 0 Å². The minimum atomic E-state index is -0.898. The van der Waals surface area contributed by atoms with Gasteiger partial charge in [0, 0.05) is 12.6 Å². The zero-order valence-corrected chi connectivity index (χ0v) is 12.8. The molecule has 0 saturated carbocycles. The predicted octanol–water partition coefficient (Wildman–Crippen LogP) is 0.260. The third-order valence-electron chi connectivity index (χ3n) is 2.60. The van der Waals surface area contributed by atoms with Crippen LogP contribution in [0.2, 0.25) is 0 Å². The zero-order valence-electron chi connectivity index (χ0n) is 12.8. The van der Waals surface area contributed by atoms with Crippen molar-refractivity contribution >= 4 is 23.4 Å². The van der Waals surface area contributed by atoms with Crippen LogP contribution in [0, 0.1) is 0 Å². The first-order chi connectivity index (χ1) is 10.3. The smallest absolute Gasteiger partial charge is 0.313 e. The van der Waals surface area contributed by atoms with Crippen LogP contribution in [0.4, 0.5) is 5.69 Å². The van der Waals surface area contributed by atoms with Gasteiger partial charge in [-0.1, -0.05) is 12.1 Å². The third kappa shape index (κ3) is 5.53. The number of aliphatic hydroxyl groups is 1. The number of nitrogens with one attached hydrogen (secondary N) is 3. The monoisotopic (exact) mass is 307 g/mol. The number of hydrogen-bond donors (Lipinski definition) is 4. The summed E-state index contributed by atoms with van der Waals surface area (Å²) in [5.41, 5.74) is 0.519. The van der Waals surface area contributed by atoms with Crippen LogP contribution < -0.4 is 16.0 Å². The molecule has 7 nitrogen and oxygen atoms in total. The molecule has 0 aliphatic rings. The van der Waals surface area contributed by atoms with Crippen LogP contribution >= 0.6 is 0 Å². The Balaban J connectivity index is 2.79. The van der Waals surface area contributed by atoms with E-state index in [1.807, 2.05) is 13.8 Å². The van der Waals surface area contributed by atoms with Crippen molar-refractivity contribution in [3.63, 3.8) is 0 Å². The highest BCUT2D eigenvalue weighted by Gasteiger charge is 2.18. The molecule has 0 saturated heterocycles. The van der Waals surface area contributed by atoms with Crippen molar-refractivity contribution < 1.29 is 19.5 Å². The van der Waals surface area contributed by atoms with E-state index >= 15 is 0 Å². The summed E-state index contributed by atoms with van der Waals surface area (Å²) in [6.07, 6.45) is -0.749. The fourth-order valence-corrected chi connectivity index (χ4v) is 1.63. The molecular formula is C15H21N3O4. The summed E-state index contributed by atoms with van der Waals surface area (Å²) in [5, 5.41) is 16.5. The topological polar surface area (TPSA) is 108 Å². The molecule has 3 amide bonds. The first kappa shape index (κ1) is 17.6. The minimum absolute atomic E-state index is 0.0261. The van der Waals surface area contributed by atoms with Crippen molar-refractivity contribution in [3.05, 3.63) is 29.8 Å². The average Bonchev–Trinajstić information content (AvgIpc) is 2.44. The van der Waals surface area contributed by atoms with Crippen molar-refractivity contribution in [3.8, 4) is 0 Å². The molecule has 0 radical (unpaired) electrons. The second kappa shape index (κ2) is 8.14. The van der Waals surface area contributed by atoms with Crippen LogP contribution in [0.3, 0.4) is 0 Å². The van der Waals surface area contributed by atoms with Gasteiger partial charge < -0.3 is 21.1 Å². The number of rotatable bonds is 5. The molecule has 0 unspecified atom stereocenters. The average molecular weight is 307 g/mol. The zero-order chi connectivity index (χ0) is 16.7. The molecule has 22 heavy (non-hydrogen) atoms. The lowest BCUT2D eigenvalue weighted by Gasteiger charge is -2.13. The number of amides is 3. The number of carbonyl (C=O) groups excluding carboxylic acids is 3.